The van der Waals surface area contributed by atoms with Crippen LogP contribution in [0.1, 0.15) is 51.0 Å². The Morgan fingerprint density at radius 2 is 1.82 bits per heavy atom. The van der Waals surface area contributed by atoms with Crippen molar-refractivity contribution < 1.29 is 4.74 Å². The molecular weight excluding hydrogens is 208 g/mol. The Bertz CT molecular complexity index is 328. The molecule has 0 bridgehead atoms. The first-order valence-electron chi connectivity index (χ1n) is 6.68. The van der Waals surface area contributed by atoms with E-state index in [4.69, 9.17) is 4.74 Å². The van der Waals surface area contributed by atoms with Gasteiger partial charge in [-0.3, -0.25) is 0 Å². The van der Waals surface area contributed by atoms with Crippen LogP contribution in [0.2, 0.25) is 0 Å². The number of benzene rings is 1. The Morgan fingerprint density at radius 1 is 1.06 bits per heavy atom. The van der Waals surface area contributed by atoms with Gasteiger partial charge in [-0.25, -0.2) is 0 Å². The fraction of sp³-hybridized carbons (Fsp3) is 0.500. The second-order valence-electron chi connectivity index (χ2n) is 4.35. The zero-order valence-corrected chi connectivity index (χ0v) is 11.1. The second-order valence-corrected chi connectivity index (χ2v) is 4.35. The number of methoxy groups -OCH3 is 1. The van der Waals surface area contributed by atoms with Gasteiger partial charge in [0.1, 0.15) is 5.75 Å². The van der Waals surface area contributed by atoms with Crippen LogP contribution < -0.4 is 4.74 Å². The summed E-state index contributed by atoms with van der Waals surface area (Å²) in [6.45, 7) is 2.25. The number of para-hydroxylation sites is 1. The zero-order chi connectivity index (χ0) is 12.3. The summed E-state index contributed by atoms with van der Waals surface area (Å²) < 4.78 is 5.30. The molecule has 17 heavy (non-hydrogen) atoms. The van der Waals surface area contributed by atoms with Crippen molar-refractivity contribution >= 4 is 6.08 Å². The van der Waals surface area contributed by atoms with E-state index >= 15 is 0 Å². The zero-order valence-electron chi connectivity index (χ0n) is 11.1. The molecule has 0 spiro atoms. The topological polar surface area (TPSA) is 9.23 Å². The highest BCUT2D eigenvalue weighted by Gasteiger charge is 1.95. The molecule has 1 heteroatoms. The molecule has 0 atom stereocenters. The quantitative estimate of drug-likeness (QED) is 0.569. The summed E-state index contributed by atoms with van der Waals surface area (Å²) in [5.41, 5.74) is 1.17. The molecular formula is C16H24O. The second kappa shape index (κ2) is 8.86. The molecule has 94 valence electrons. The molecule has 0 aliphatic carbocycles. The van der Waals surface area contributed by atoms with E-state index in [0.29, 0.717) is 0 Å². The molecule has 1 aromatic carbocycles. The van der Waals surface area contributed by atoms with Crippen molar-refractivity contribution in [3.8, 4) is 5.75 Å². The fourth-order valence-electron chi connectivity index (χ4n) is 1.88. The molecule has 0 N–H and O–H groups in total. The molecule has 0 amide bonds. The van der Waals surface area contributed by atoms with E-state index in [2.05, 4.69) is 25.1 Å². The van der Waals surface area contributed by atoms with E-state index in [-0.39, 0.29) is 0 Å². The molecule has 1 nitrogen and oxygen atoms in total. The standard InChI is InChI=1S/C16H24O/c1-3-4-5-6-7-8-9-12-15-13-10-11-14-16(15)17-2/h9-14H,3-8H2,1-2H3/b12-9+. The molecule has 0 saturated carbocycles. The van der Waals surface area contributed by atoms with Crippen LogP contribution in [0.5, 0.6) is 5.75 Å². The number of unbranched alkanes of at least 4 members (excludes halogenated alkanes) is 5. The third kappa shape index (κ3) is 5.58. The van der Waals surface area contributed by atoms with Crippen LogP contribution in [0.15, 0.2) is 30.3 Å². The maximum atomic E-state index is 5.30. The van der Waals surface area contributed by atoms with Gasteiger partial charge in [0, 0.05) is 5.56 Å². The van der Waals surface area contributed by atoms with Crippen LogP contribution in [0, 0.1) is 0 Å². The average Bonchev–Trinajstić information content (AvgIpc) is 2.38. The first-order valence-corrected chi connectivity index (χ1v) is 6.68. The lowest BCUT2D eigenvalue weighted by atomic mass is 10.1. The number of hydrogen-bond acceptors (Lipinski definition) is 1. The SMILES string of the molecule is CCCCCCC/C=C/c1ccccc1OC. The van der Waals surface area contributed by atoms with Crippen LogP contribution >= 0.6 is 0 Å². The minimum atomic E-state index is 0.953. The highest BCUT2D eigenvalue weighted by molar-refractivity contribution is 5.56. The molecule has 0 aliphatic heterocycles. The molecule has 0 heterocycles. The highest BCUT2D eigenvalue weighted by atomic mass is 16.5. The molecule has 1 aromatic rings. The average molecular weight is 232 g/mol. The van der Waals surface area contributed by atoms with Crippen LogP contribution in [0.25, 0.3) is 6.08 Å². The van der Waals surface area contributed by atoms with Crippen LogP contribution in [0.4, 0.5) is 0 Å². The van der Waals surface area contributed by atoms with E-state index < -0.39 is 0 Å². The third-order valence-corrected chi connectivity index (χ3v) is 2.91. The van der Waals surface area contributed by atoms with Crippen molar-refractivity contribution in [2.45, 2.75) is 45.4 Å². The van der Waals surface area contributed by atoms with Crippen molar-refractivity contribution in [1.29, 1.82) is 0 Å². The Balaban J connectivity index is 2.28. The summed E-state index contributed by atoms with van der Waals surface area (Å²) in [5.74, 6) is 0.953. The smallest absolute Gasteiger partial charge is 0.126 e. The summed E-state index contributed by atoms with van der Waals surface area (Å²) >= 11 is 0. The van der Waals surface area contributed by atoms with Gasteiger partial charge in [0.25, 0.3) is 0 Å². The van der Waals surface area contributed by atoms with Gasteiger partial charge in [-0.15, -0.1) is 0 Å². The molecule has 0 saturated heterocycles. The van der Waals surface area contributed by atoms with Crippen LogP contribution in [0.3, 0.4) is 0 Å². The number of allylic oxidation sites excluding steroid dienone is 1. The first kappa shape index (κ1) is 13.8. The van der Waals surface area contributed by atoms with Gasteiger partial charge < -0.3 is 4.74 Å². The molecule has 0 radical (unpaired) electrons. The van der Waals surface area contributed by atoms with E-state index in [1.165, 1.54) is 44.1 Å². The van der Waals surface area contributed by atoms with Gasteiger partial charge in [-0.05, 0) is 18.9 Å². The predicted molar refractivity (Wildman–Crippen MR) is 75.4 cm³/mol. The van der Waals surface area contributed by atoms with Crippen molar-refractivity contribution in [1.82, 2.24) is 0 Å². The molecule has 0 aliphatic rings. The van der Waals surface area contributed by atoms with Gasteiger partial charge >= 0.3 is 0 Å². The lowest BCUT2D eigenvalue weighted by Crippen LogP contribution is -1.85. The van der Waals surface area contributed by atoms with E-state index in [9.17, 15) is 0 Å². The van der Waals surface area contributed by atoms with Crippen LogP contribution in [-0.4, -0.2) is 7.11 Å². The van der Waals surface area contributed by atoms with E-state index in [1.807, 2.05) is 18.2 Å². The van der Waals surface area contributed by atoms with Gasteiger partial charge in [0.15, 0.2) is 0 Å². The molecule has 1 rings (SSSR count). The third-order valence-electron chi connectivity index (χ3n) is 2.91. The predicted octanol–water partition coefficient (Wildman–Crippen LogP) is 5.07. The lowest BCUT2D eigenvalue weighted by molar-refractivity contribution is 0.414. The highest BCUT2D eigenvalue weighted by Crippen LogP contribution is 2.19. The first-order chi connectivity index (χ1) is 8.38. The van der Waals surface area contributed by atoms with Gasteiger partial charge in [-0.2, -0.15) is 0 Å². The summed E-state index contributed by atoms with van der Waals surface area (Å²) in [7, 11) is 1.72. The molecule has 0 aromatic heterocycles. The van der Waals surface area contributed by atoms with Crippen molar-refractivity contribution in [3.63, 3.8) is 0 Å². The van der Waals surface area contributed by atoms with Gasteiger partial charge in [0.2, 0.25) is 0 Å². The lowest BCUT2D eigenvalue weighted by Gasteiger charge is -2.03. The monoisotopic (exact) mass is 232 g/mol. The minimum absolute atomic E-state index is 0.953. The van der Waals surface area contributed by atoms with E-state index in [1.54, 1.807) is 7.11 Å². The summed E-state index contributed by atoms with van der Waals surface area (Å²) in [4.78, 5) is 0. The maximum absolute atomic E-state index is 5.30. The summed E-state index contributed by atoms with van der Waals surface area (Å²) in [6, 6.07) is 8.14. The Labute approximate surface area is 106 Å². The fourth-order valence-corrected chi connectivity index (χ4v) is 1.88. The number of rotatable bonds is 8. The molecule has 0 fully saturated rings. The Kier molecular flexibility index (Phi) is 7.20. The van der Waals surface area contributed by atoms with Gasteiger partial charge in [-0.1, -0.05) is 63.0 Å². The van der Waals surface area contributed by atoms with Crippen molar-refractivity contribution in [2.75, 3.05) is 7.11 Å². The van der Waals surface area contributed by atoms with Crippen molar-refractivity contribution in [3.05, 3.63) is 35.9 Å². The normalized spacial score (nSPS) is 10.9. The van der Waals surface area contributed by atoms with Gasteiger partial charge in [0.05, 0.1) is 7.11 Å². The largest absolute Gasteiger partial charge is 0.496 e. The summed E-state index contributed by atoms with van der Waals surface area (Å²) in [5, 5.41) is 0. The number of hydrogen-bond donors (Lipinski definition) is 0. The summed E-state index contributed by atoms with van der Waals surface area (Å²) in [6.07, 6.45) is 12.3. The van der Waals surface area contributed by atoms with E-state index in [0.717, 1.165) is 5.75 Å². The van der Waals surface area contributed by atoms with Crippen molar-refractivity contribution in [2.24, 2.45) is 0 Å². The van der Waals surface area contributed by atoms with Crippen LogP contribution in [-0.2, 0) is 0 Å². The Morgan fingerprint density at radius 3 is 2.59 bits per heavy atom. The molecule has 0 unspecified atom stereocenters. The number of ether oxygens (including phenoxy) is 1. The Hall–Kier alpha value is -1.24. The maximum Gasteiger partial charge on any atom is 0.126 e. The minimum Gasteiger partial charge on any atom is -0.496 e.